The number of rotatable bonds is 8. The number of hydrogen-bond donors (Lipinski definition) is 1. The molecule has 148 valence electrons. The molecule has 0 spiro atoms. The van der Waals surface area contributed by atoms with Crippen LogP contribution < -0.4 is 4.74 Å². The second-order valence-electron chi connectivity index (χ2n) is 7.36. The number of aryl methyl sites for hydroxylation is 2. The molecule has 1 aliphatic heterocycles. The number of aromatic nitrogens is 2. The molecule has 0 radical (unpaired) electrons. The van der Waals surface area contributed by atoms with Gasteiger partial charge in [-0.25, -0.2) is 0 Å². The molecule has 6 heteroatoms. The molecule has 1 N–H and O–H groups in total. The summed E-state index contributed by atoms with van der Waals surface area (Å²) in [6, 6.07) is 8.74. The van der Waals surface area contributed by atoms with Crippen molar-refractivity contribution < 1.29 is 9.84 Å². The van der Waals surface area contributed by atoms with Crippen LogP contribution in [0.5, 0.6) is 5.75 Å². The molecule has 1 aliphatic rings. The molecule has 2 heterocycles. The van der Waals surface area contributed by atoms with Gasteiger partial charge in [-0.1, -0.05) is 12.1 Å². The topological polar surface area (TPSA) is 53.8 Å². The number of aliphatic hydroxyl groups excluding tert-OH is 1. The first-order chi connectivity index (χ1) is 13.1. The van der Waals surface area contributed by atoms with Crippen LogP contribution in [0.15, 0.2) is 30.5 Å². The molecule has 1 saturated heterocycles. The predicted molar refractivity (Wildman–Crippen MR) is 107 cm³/mol. The zero-order chi connectivity index (χ0) is 19.2. The minimum Gasteiger partial charge on any atom is -0.494 e. The molecule has 2 aromatic rings. The van der Waals surface area contributed by atoms with Crippen LogP contribution in [0.1, 0.15) is 30.2 Å². The summed E-state index contributed by atoms with van der Waals surface area (Å²) in [7, 11) is 1.97. The maximum absolute atomic E-state index is 9.55. The van der Waals surface area contributed by atoms with Gasteiger partial charge in [0, 0.05) is 64.2 Å². The van der Waals surface area contributed by atoms with Gasteiger partial charge >= 0.3 is 0 Å². The van der Waals surface area contributed by atoms with Crippen molar-refractivity contribution in [3.63, 3.8) is 0 Å². The van der Waals surface area contributed by atoms with Crippen LogP contribution in [0.4, 0.5) is 0 Å². The maximum Gasteiger partial charge on any atom is 0.119 e. The van der Waals surface area contributed by atoms with Crippen molar-refractivity contribution in [2.24, 2.45) is 7.05 Å². The minimum atomic E-state index is 0.226. The normalized spacial score (nSPS) is 18.7. The van der Waals surface area contributed by atoms with Crippen molar-refractivity contribution in [3.8, 4) is 5.75 Å². The first kappa shape index (κ1) is 19.9. The van der Waals surface area contributed by atoms with E-state index < -0.39 is 0 Å². The summed E-state index contributed by atoms with van der Waals surface area (Å²) in [5.74, 6) is 0.921. The van der Waals surface area contributed by atoms with Crippen molar-refractivity contribution in [2.45, 2.75) is 39.4 Å². The Bertz CT molecular complexity index is 713. The third-order valence-corrected chi connectivity index (χ3v) is 5.28. The number of hydrogen-bond acceptors (Lipinski definition) is 5. The Morgan fingerprint density at radius 2 is 1.96 bits per heavy atom. The van der Waals surface area contributed by atoms with E-state index in [-0.39, 0.29) is 6.61 Å². The second kappa shape index (κ2) is 9.35. The van der Waals surface area contributed by atoms with E-state index in [4.69, 9.17) is 4.74 Å². The zero-order valence-corrected chi connectivity index (χ0v) is 16.8. The van der Waals surface area contributed by atoms with Gasteiger partial charge in [0.1, 0.15) is 5.75 Å². The minimum absolute atomic E-state index is 0.226. The van der Waals surface area contributed by atoms with Gasteiger partial charge in [-0.3, -0.25) is 14.5 Å². The number of benzene rings is 1. The average Bonchev–Trinajstić information content (AvgIpc) is 2.96. The van der Waals surface area contributed by atoms with Crippen LogP contribution in [-0.4, -0.2) is 63.6 Å². The number of nitrogens with zero attached hydrogens (tertiary/aromatic N) is 4. The molecule has 6 nitrogen and oxygen atoms in total. The number of ether oxygens (including phenoxy) is 1. The second-order valence-corrected chi connectivity index (χ2v) is 7.36. The molecule has 3 rings (SSSR count). The van der Waals surface area contributed by atoms with Crippen molar-refractivity contribution in [1.82, 2.24) is 19.6 Å². The Morgan fingerprint density at radius 3 is 2.59 bits per heavy atom. The third kappa shape index (κ3) is 5.31. The lowest BCUT2D eigenvalue weighted by molar-refractivity contribution is 0.0499. The monoisotopic (exact) mass is 372 g/mol. The third-order valence-electron chi connectivity index (χ3n) is 5.28. The van der Waals surface area contributed by atoms with Crippen LogP contribution in [0.2, 0.25) is 0 Å². The summed E-state index contributed by atoms with van der Waals surface area (Å²) in [6.45, 7) is 9.86. The van der Waals surface area contributed by atoms with Gasteiger partial charge in [0.05, 0.1) is 12.3 Å². The molecule has 1 aromatic heterocycles. The highest BCUT2D eigenvalue weighted by atomic mass is 16.5. The van der Waals surface area contributed by atoms with Crippen LogP contribution in [0, 0.1) is 6.92 Å². The molecule has 0 aliphatic carbocycles. The Hall–Kier alpha value is -1.89. The Kier molecular flexibility index (Phi) is 6.88. The Morgan fingerprint density at radius 1 is 1.19 bits per heavy atom. The highest BCUT2D eigenvalue weighted by molar-refractivity contribution is 5.27. The lowest BCUT2D eigenvalue weighted by Crippen LogP contribution is -2.52. The molecule has 27 heavy (non-hydrogen) atoms. The van der Waals surface area contributed by atoms with E-state index in [1.165, 1.54) is 11.1 Å². The zero-order valence-electron chi connectivity index (χ0n) is 16.8. The Labute approximate surface area is 162 Å². The van der Waals surface area contributed by atoms with E-state index in [2.05, 4.69) is 40.2 Å². The fourth-order valence-corrected chi connectivity index (χ4v) is 3.87. The van der Waals surface area contributed by atoms with Gasteiger partial charge in [-0.05, 0) is 38.0 Å². The molecule has 1 aromatic carbocycles. The fourth-order valence-electron chi connectivity index (χ4n) is 3.87. The molecule has 0 bridgehead atoms. The standard InChI is InChI=1S/C21H32N4O2/c1-4-27-21-7-5-18(6-8-21)13-25-11-10-24(16-20(25)9-12-26)15-19-14-23(3)22-17(19)2/h5-8,14,20,26H,4,9-13,15-16H2,1-3H3/t20-/m0/s1. The average molecular weight is 373 g/mol. The van der Waals surface area contributed by atoms with Gasteiger partial charge in [-0.2, -0.15) is 5.10 Å². The van der Waals surface area contributed by atoms with Gasteiger partial charge in [0.25, 0.3) is 0 Å². The highest BCUT2D eigenvalue weighted by Gasteiger charge is 2.27. The molecular formula is C21H32N4O2. The smallest absolute Gasteiger partial charge is 0.119 e. The van der Waals surface area contributed by atoms with E-state index in [0.717, 1.165) is 50.6 Å². The van der Waals surface area contributed by atoms with Crippen LogP contribution in [-0.2, 0) is 20.1 Å². The van der Waals surface area contributed by atoms with Crippen molar-refractivity contribution in [2.75, 3.05) is 32.8 Å². The van der Waals surface area contributed by atoms with E-state index in [1.807, 2.05) is 30.8 Å². The molecule has 0 amide bonds. The van der Waals surface area contributed by atoms with Gasteiger partial charge in [-0.15, -0.1) is 0 Å². The highest BCUT2D eigenvalue weighted by Crippen LogP contribution is 2.20. The molecule has 1 atom stereocenters. The summed E-state index contributed by atoms with van der Waals surface area (Å²) in [5, 5.41) is 14.0. The van der Waals surface area contributed by atoms with Crippen molar-refractivity contribution >= 4 is 0 Å². The first-order valence-electron chi connectivity index (χ1n) is 9.87. The Balaban J connectivity index is 1.61. The van der Waals surface area contributed by atoms with E-state index in [0.29, 0.717) is 12.6 Å². The van der Waals surface area contributed by atoms with Gasteiger partial charge in [0.15, 0.2) is 0 Å². The van der Waals surface area contributed by atoms with Crippen molar-refractivity contribution in [3.05, 3.63) is 47.3 Å². The van der Waals surface area contributed by atoms with Crippen LogP contribution in [0.3, 0.4) is 0 Å². The quantitative estimate of drug-likeness (QED) is 0.770. The molecule has 0 saturated carbocycles. The molecule has 1 fully saturated rings. The summed E-state index contributed by atoms with van der Waals surface area (Å²) in [5.41, 5.74) is 3.69. The first-order valence-corrected chi connectivity index (χ1v) is 9.87. The molecule has 0 unspecified atom stereocenters. The lowest BCUT2D eigenvalue weighted by atomic mass is 10.1. The number of aliphatic hydroxyl groups is 1. The van der Waals surface area contributed by atoms with Crippen LogP contribution in [0.25, 0.3) is 0 Å². The van der Waals surface area contributed by atoms with Gasteiger partial charge in [0.2, 0.25) is 0 Å². The molecular weight excluding hydrogens is 340 g/mol. The SMILES string of the molecule is CCOc1ccc(CN2CCN(Cc3cn(C)nc3C)C[C@@H]2CCO)cc1. The van der Waals surface area contributed by atoms with E-state index >= 15 is 0 Å². The van der Waals surface area contributed by atoms with E-state index in [1.54, 1.807) is 0 Å². The van der Waals surface area contributed by atoms with Crippen LogP contribution >= 0.6 is 0 Å². The fraction of sp³-hybridized carbons (Fsp3) is 0.571. The number of piperazine rings is 1. The predicted octanol–water partition coefficient (Wildman–Crippen LogP) is 2.20. The maximum atomic E-state index is 9.55. The largest absolute Gasteiger partial charge is 0.494 e. The summed E-state index contributed by atoms with van der Waals surface area (Å²) < 4.78 is 7.42. The lowest BCUT2D eigenvalue weighted by Gasteiger charge is -2.41. The van der Waals surface area contributed by atoms with Crippen molar-refractivity contribution in [1.29, 1.82) is 0 Å². The summed E-state index contributed by atoms with van der Waals surface area (Å²) in [6.07, 6.45) is 2.92. The summed E-state index contributed by atoms with van der Waals surface area (Å²) in [4.78, 5) is 4.98. The van der Waals surface area contributed by atoms with Gasteiger partial charge < -0.3 is 9.84 Å². The van der Waals surface area contributed by atoms with E-state index in [9.17, 15) is 5.11 Å². The summed E-state index contributed by atoms with van der Waals surface area (Å²) >= 11 is 0.